The number of hydrogen-bond donors (Lipinski definition) is 1. The molecule has 1 N–H and O–H groups in total. The molecule has 3 aliphatic rings. The van der Waals surface area contributed by atoms with Crippen molar-refractivity contribution in [2.75, 3.05) is 42.6 Å². The van der Waals surface area contributed by atoms with E-state index in [9.17, 15) is 14.7 Å². The number of fused-ring (bicyclic) bond motifs is 1. The molecular weight excluding hydrogens is 443 g/mol. The molecule has 3 aliphatic heterocycles. The third-order valence-electron chi connectivity index (χ3n) is 6.65. The summed E-state index contributed by atoms with van der Waals surface area (Å²) in [6.07, 6.45) is 5.39. The molecule has 1 aromatic carbocycles. The molecule has 5 heterocycles. The zero-order valence-electron chi connectivity index (χ0n) is 18.4. The minimum absolute atomic E-state index is 0.00995. The van der Waals surface area contributed by atoms with Gasteiger partial charge in [0.15, 0.2) is 17.4 Å². The van der Waals surface area contributed by atoms with Gasteiger partial charge in [-0.15, -0.1) is 0 Å². The number of pyridine rings is 1. The van der Waals surface area contributed by atoms with Crippen molar-refractivity contribution < 1.29 is 19.0 Å². The molecular formula is C23H21FN6O4. The van der Waals surface area contributed by atoms with Crippen molar-refractivity contribution in [3.05, 3.63) is 45.9 Å². The van der Waals surface area contributed by atoms with Gasteiger partial charge in [0.25, 0.3) is 0 Å². The molecule has 0 radical (unpaired) electrons. The highest BCUT2D eigenvalue weighted by Gasteiger charge is 2.32. The Morgan fingerprint density at radius 3 is 2.74 bits per heavy atom. The van der Waals surface area contributed by atoms with Gasteiger partial charge in [0.05, 0.1) is 22.6 Å². The number of carboxylic acids is 1. The first-order valence-corrected chi connectivity index (χ1v) is 11.1. The third kappa shape index (κ3) is 2.96. The summed E-state index contributed by atoms with van der Waals surface area (Å²) in [5.41, 5.74) is 1.31. The van der Waals surface area contributed by atoms with Crippen LogP contribution in [0.3, 0.4) is 0 Å². The lowest BCUT2D eigenvalue weighted by Crippen LogP contribution is -2.47. The average Bonchev–Trinajstić information content (AvgIpc) is 3.31. The Labute approximate surface area is 192 Å². The lowest BCUT2D eigenvalue weighted by molar-refractivity contribution is 0.0694. The van der Waals surface area contributed by atoms with Crippen molar-refractivity contribution in [1.82, 2.24) is 14.5 Å². The Morgan fingerprint density at radius 2 is 1.97 bits per heavy atom. The number of carbonyl (C=O) groups is 1. The van der Waals surface area contributed by atoms with Crippen LogP contribution in [0.5, 0.6) is 5.75 Å². The predicted molar refractivity (Wildman–Crippen MR) is 124 cm³/mol. The van der Waals surface area contributed by atoms with E-state index in [1.54, 1.807) is 10.9 Å². The van der Waals surface area contributed by atoms with E-state index in [1.807, 2.05) is 18.0 Å². The molecule has 2 aromatic heterocycles. The van der Waals surface area contributed by atoms with Crippen LogP contribution in [0.1, 0.15) is 29.0 Å². The maximum atomic E-state index is 15.4. The van der Waals surface area contributed by atoms with Gasteiger partial charge in [-0.1, -0.05) is 0 Å². The number of aromatic carboxylic acids is 1. The molecule has 174 valence electrons. The van der Waals surface area contributed by atoms with Gasteiger partial charge in [-0.25, -0.2) is 19.2 Å². The number of ether oxygens (including phenoxy) is 1. The number of hydrogen-bond acceptors (Lipinski definition) is 8. The molecule has 10 nitrogen and oxygen atoms in total. The van der Waals surface area contributed by atoms with Gasteiger partial charge in [-0.05, 0) is 13.0 Å². The van der Waals surface area contributed by atoms with Crippen LogP contribution in [0.15, 0.2) is 28.4 Å². The number of nitrogens with zero attached hydrogens (tertiary/aromatic N) is 6. The summed E-state index contributed by atoms with van der Waals surface area (Å²) in [4.78, 5) is 41.5. The molecule has 6 rings (SSSR count). The van der Waals surface area contributed by atoms with Gasteiger partial charge in [0, 0.05) is 45.0 Å². The first-order chi connectivity index (χ1) is 16.4. The zero-order valence-corrected chi connectivity index (χ0v) is 18.4. The van der Waals surface area contributed by atoms with Gasteiger partial charge in [-0.2, -0.15) is 0 Å². The second-order valence-corrected chi connectivity index (χ2v) is 8.66. The van der Waals surface area contributed by atoms with Crippen molar-refractivity contribution in [2.24, 2.45) is 4.99 Å². The first kappa shape index (κ1) is 20.6. The summed E-state index contributed by atoms with van der Waals surface area (Å²) < 4.78 is 23.1. The summed E-state index contributed by atoms with van der Waals surface area (Å²) in [5.74, 6) is -0.886. The van der Waals surface area contributed by atoms with Crippen LogP contribution < -0.4 is 20.0 Å². The van der Waals surface area contributed by atoms with E-state index >= 15 is 4.39 Å². The van der Waals surface area contributed by atoms with Gasteiger partial charge >= 0.3 is 5.97 Å². The number of piperazine rings is 1. The Hall–Kier alpha value is -4.02. The van der Waals surface area contributed by atoms with Gasteiger partial charge in [0.1, 0.15) is 29.9 Å². The summed E-state index contributed by atoms with van der Waals surface area (Å²) in [5, 5.41) is 9.46. The van der Waals surface area contributed by atoms with Gasteiger partial charge in [-0.3, -0.25) is 9.79 Å². The maximum Gasteiger partial charge on any atom is 0.341 e. The molecule has 0 saturated carbocycles. The van der Waals surface area contributed by atoms with Crippen LogP contribution in [-0.2, 0) is 6.42 Å². The van der Waals surface area contributed by atoms with E-state index in [2.05, 4.69) is 19.9 Å². The van der Waals surface area contributed by atoms with Crippen molar-refractivity contribution in [3.8, 4) is 5.75 Å². The molecule has 0 unspecified atom stereocenters. The fraction of sp³-hybridized carbons (Fsp3) is 0.348. The minimum Gasteiger partial charge on any atom is -0.487 e. The maximum absolute atomic E-state index is 15.4. The van der Waals surface area contributed by atoms with Crippen LogP contribution in [0.2, 0.25) is 0 Å². The second-order valence-electron chi connectivity index (χ2n) is 8.66. The smallest absolute Gasteiger partial charge is 0.341 e. The molecule has 1 atom stereocenters. The highest BCUT2D eigenvalue weighted by atomic mass is 19.1. The van der Waals surface area contributed by atoms with E-state index in [4.69, 9.17) is 4.74 Å². The molecule has 0 spiro atoms. The number of carboxylic acid groups (broad SMARTS) is 1. The largest absolute Gasteiger partial charge is 0.487 e. The zero-order chi connectivity index (χ0) is 23.6. The van der Waals surface area contributed by atoms with Gasteiger partial charge < -0.3 is 24.2 Å². The van der Waals surface area contributed by atoms with E-state index in [0.717, 1.165) is 23.3 Å². The quantitative estimate of drug-likeness (QED) is 0.628. The summed E-state index contributed by atoms with van der Waals surface area (Å²) in [6.45, 7) is 4.31. The van der Waals surface area contributed by atoms with Crippen molar-refractivity contribution in [1.29, 1.82) is 0 Å². The number of halogens is 1. The van der Waals surface area contributed by atoms with Crippen LogP contribution in [0.25, 0.3) is 10.9 Å². The highest BCUT2D eigenvalue weighted by molar-refractivity contribution is 5.97. The lowest BCUT2D eigenvalue weighted by Gasteiger charge is -2.38. The Kier molecular flexibility index (Phi) is 4.54. The van der Waals surface area contributed by atoms with Crippen LogP contribution in [0, 0.1) is 5.82 Å². The average molecular weight is 464 g/mol. The predicted octanol–water partition coefficient (Wildman–Crippen LogP) is 2.17. The molecule has 0 bridgehead atoms. The summed E-state index contributed by atoms with van der Waals surface area (Å²) >= 11 is 0. The van der Waals surface area contributed by atoms with Crippen molar-refractivity contribution in [2.45, 2.75) is 19.4 Å². The molecule has 0 amide bonds. The third-order valence-corrected chi connectivity index (χ3v) is 6.65. The standard InChI is InChI=1S/C23H21FN6O4/c1-12-10-34-21-18-13(20(31)14(23(32)33)9-30(12)18)8-15(24)19(21)28-4-6-29(7-5-28)22-17-16(2-3-25-17)26-11-27-22/h3,8-9,11-12H,2,4-7,10H2,1H3,(H,32,33)/t12-/m0/s1. The van der Waals surface area contributed by atoms with Crippen LogP contribution >= 0.6 is 0 Å². The van der Waals surface area contributed by atoms with E-state index < -0.39 is 17.2 Å². The molecule has 34 heavy (non-hydrogen) atoms. The Balaban J connectivity index is 1.39. The number of aromatic nitrogens is 3. The summed E-state index contributed by atoms with van der Waals surface area (Å²) in [7, 11) is 0. The minimum atomic E-state index is -1.34. The van der Waals surface area contributed by atoms with Gasteiger partial charge in [0.2, 0.25) is 5.43 Å². The molecule has 1 saturated heterocycles. The second kappa shape index (κ2) is 7.51. The highest BCUT2D eigenvalue weighted by Crippen LogP contribution is 2.42. The summed E-state index contributed by atoms with van der Waals surface area (Å²) in [6, 6.07) is 0.934. The fourth-order valence-corrected chi connectivity index (χ4v) is 4.94. The Morgan fingerprint density at radius 1 is 1.21 bits per heavy atom. The number of rotatable bonds is 3. The monoisotopic (exact) mass is 464 g/mol. The fourth-order valence-electron chi connectivity index (χ4n) is 4.94. The number of benzene rings is 1. The lowest BCUT2D eigenvalue weighted by atomic mass is 10.1. The van der Waals surface area contributed by atoms with Crippen molar-refractivity contribution >= 4 is 40.3 Å². The van der Waals surface area contributed by atoms with Crippen LogP contribution in [-0.4, -0.2) is 64.6 Å². The topological polar surface area (TPSA) is 113 Å². The number of aliphatic imine (C=N–C) groups is 1. The van der Waals surface area contributed by atoms with E-state index in [0.29, 0.717) is 43.8 Å². The SMILES string of the molecule is C[C@H]1COc2c(N3CCN(c4ncnc5c4N=CC5)CC3)c(F)cc3c(=O)c(C(=O)O)cn1c23. The van der Waals surface area contributed by atoms with E-state index in [1.165, 1.54) is 6.20 Å². The van der Waals surface area contributed by atoms with Crippen LogP contribution in [0.4, 0.5) is 21.6 Å². The number of anilines is 2. The molecule has 11 heteroatoms. The Bertz CT molecular complexity index is 1440. The van der Waals surface area contributed by atoms with Crippen molar-refractivity contribution in [3.63, 3.8) is 0 Å². The first-order valence-electron chi connectivity index (χ1n) is 11.1. The molecule has 1 fully saturated rings. The molecule has 0 aliphatic carbocycles. The van der Waals surface area contributed by atoms with E-state index in [-0.39, 0.29) is 29.3 Å². The molecule has 3 aromatic rings. The normalized spacial score (nSPS) is 18.8.